The van der Waals surface area contributed by atoms with E-state index in [9.17, 15) is 9.59 Å². The molecule has 2 amide bonds. The van der Waals surface area contributed by atoms with E-state index in [4.69, 9.17) is 14.2 Å². The van der Waals surface area contributed by atoms with Crippen molar-refractivity contribution < 1.29 is 23.8 Å². The maximum Gasteiger partial charge on any atom is 0.239 e. The number of ether oxygens (including phenoxy) is 3. The van der Waals surface area contributed by atoms with Crippen LogP contribution >= 0.6 is 0 Å². The first-order chi connectivity index (χ1) is 15.1. The predicted molar refractivity (Wildman–Crippen MR) is 119 cm³/mol. The molecule has 0 aromatic heterocycles. The second-order valence-corrected chi connectivity index (χ2v) is 7.10. The van der Waals surface area contributed by atoms with E-state index in [-0.39, 0.29) is 18.4 Å². The Morgan fingerprint density at radius 3 is 2.19 bits per heavy atom. The first-order valence-electron chi connectivity index (χ1n) is 10.8. The predicted octanol–water partition coefficient (Wildman–Crippen LogP) is 3.55. The van der Waals surface area contributed by atoms with Crippen molar-refractivity contribution in [3.63, 3.8) is 0 Å². The van der Waals surface area contributed by atoms with Crippen molar-refractivity contribution in [2.24, 2.45) is 5.92 Å². The molecule has 2 aromatic rings. The van der Waals surface area contributed by atoms with Crippen LogP contribution in [0.4, 0.5) is 5.69 Å². The van der Waals surface area contributed by atoms with Crippen molar-refractivity contribution in [3.05, 3.63) is 48.0 Å². The zero-order valence-corrected chi connectivity index (χ0v) is 18.3. The average molecular weight is 427 g/mol. The number of para-hydroxylation sites is 1. The van der Waals surface area contributed by atoms with Crippen LogP contribution in [-0.4, -0.2) is 38.2 Å². The van der Waals surface area contributed by atoms with Crippen molar-refractivity contribution in [3.8, 4) is 17.2 Å². The summed E-state index contributed by atoms with van der Waals surface area (Å²) in [5.74, 6) is 0.596. The lowest BCUT2D eigenvalue weighted by atomic mass is 10.1. The zero-order valence-electron chi connectivity index (χ0n) is 18.3. The molecule has 7 heteroatoms. The lowest BCUT2D eigenvalue weighted by Gasteiger charge is -2.18. The summed E-state index contributed by atoms with van der Waals surface area (Å²) >= 11 is 0. The molecule has 1 aliphatic rings. The number of amides is 2. The molecule has 1 N–H and O–H groups in total. The monoisotopic (exact) mass is 426 g/mol. The largest absolute Gasteiger partial charge is 0.490 e. The van der Waals surface area contributed by atoms with E-state index >= 15 is 0 Å². The number of carbonyl (C=O) groups is 2. The van der Waals surface area contributed by atoms with Gasteiger partial charge in [0.15, 0.2) is 11.5 Å². The number of carbonyl (C=O) groups excluding carboxylic acids is 2. The van der Waals surface area contributed by atoms with E-state index in [1.165, 1.54) is 0 Å². The third-order valence-corrected chi connectivity index (χ3v) is 5.03. The molecule has 0 spiro atoms. The lowest BCUT2D eigenvalue weighted by Crippen LogP contribution is -2.36. The SMILES string of the molecule is CCOc1cc(CNC(=O)C2CCN(c3ccccc3)C2=O)cc(OCC)c1OCC. The molecule has 0 radical (unpaired) electrons. The molecule has 3 rings (SSSR count). The van der Waals surface area contributed by atoms with Gasteiger partial charge in [0.2, 0.25) is 17.6 Å². The highest BCUT2D eigenvalue weighted by atomic mass is 16.5. The summed E-state index contributed by atoms with van der Waals surface area (Å²) in [5, 5.41) is 2.90. The van der Waals surface area contributed by atoms with Crippen molar-refractivity contribution >= 4 is 17.5 Å². The quantitative estimate of drug-likeness (QED) is 0.588. The number of nitrogens with zero attached hydrogens (tertiary/aromatic N) is 1. The molecule has 31 heavy (non-hydrogen) atoms. The Labute approximate surface area is 183 Å². The van der Waals surface area contributed by atoms with Crippen LogP contribution in [0.5, 0.6) is 17.2 Å². The highest BCUT2D eigenvalue weighted by Gasteiger charge is 2.37. The van der Waals surface area contributed by atoms with Crippen LogP contribution in [-0.2, 0) is 16.1 Å². The Morgan fingerprint density at radius 1 is 1.00 bits per heavy atom. The smallest absolute Gasteiger partial charge is 0.239 e. The van der Waals surface area contributed by atoms with Crippen molar-refractivity contribution in [1.82, 2.24) is 5.32 Å². The fraction of sp³-hybridized carbons (Fsp3) is 0.417. The Bertz CT molecular complexity index is 873. The fourth-order valence-corrected chi connectivity index (χ4v) is 3.64. The van der Waals surface area contributed by atoms with E-state index in [1.54, 1.807) is 4.90 Å². The molecule has 7 nitrogen and oxygen atoms in total. The summed E-state index contributed by atoms with van der Waals surface area (Å²) in [5.41, 5.74) is 1.63. The third-order valence-electron chi connectivity index (χ3n) is 5.03. The Balaban J connectivity index is 1.70. The highest BCUT2D eigenvalue weighted by Crippen LogP contribution is 2.39. The Kier molecular flexibility index (Phi) is 7.76. The van der Waals surface area contributed by atoms with Crippen LogP contribution in [0.1, 0.15) is 32.8 Å². The third kappa shape index (κ3) is 5.29. The van der Waals surface area contributed by atoms with Gasteiger partial charge in [-0.05, 0) is 57.0 Å². The molecule has 0 saturated carbocycles. The van der Waals surface area contributed by atoms with E-state index in [2.05, 4.69) is 5.32 Å². The minimum Gasteiger partial charge on any atom is -0.490 e. The number of hydrogen-bond acceptors (Lipinski definition) is 5. The highest BCUT2D eigenvalue weighted by molar-refractivity contribution is 6.09. The van der Waals surface area contributed by atoms with Crippen LogP contribution in [0.3, 0.4) is 0 Å². The summed E-state index contributed by atoms with van der Waals surface area (Å²) in [6, 6.07) is 13.1. The Hall–Kier alpha value is -3.22. The summed E-state index contributed by atoms with van der Waals surface area (Å²) in [7, 11) is 0. The van der Waals surface area contributed by atoms with Gasteiger partial charge in [-0.25, -0.2) is 0 Å². The normalized spacial score (nSPS) is 15.6. The van der Waals surface area contributed by atoms with Crippen LogP contribution in [0.25, 0.3) is 0 Å². The molecule has 2 aromatic carbocycles. The molecular formula is C24H30N2O5. The molecule has 1 heterocycles. The van der Waals surface area contributed by atoms with Crippen LogP contribution < -0.4 is 24.4 Å². The molecule has 1 fully saturated rings. The van der Waals surface area contributed by atoms with Crippen LogP contribution in [0.2, 0.25) is 0 Å². The van der Waals surface area contributed by atoms with E-state index in [1.807, 2.05) is 63.2 Å². The summed E-state index contributed by atoms with van der Waals surface area (Å²) in [4.78, 5) is 27.2. The first-order valence-corrected chi connectivity index (χ1v) is 10.8. The lowest BCUT2D eigenvalue weighted by molar-refractivity contribution is -0.132. The Morgan fingerprint density at radius 2 is 1.61 bits per heavy atom. The summed E-state index contributed by atoms with van der Waals surface area (Å²) in [6.07, 6.45) is 0.497. The fourth-order valence-electron chi connectivity index (χ4n) is 3.64. The molecule has 1 saturated heterocycles. The number of hydrogen-bond donors (Lipinski definition) is 1. The summed E-state index contributed by atoms with van der Waals surface area (Å²) < 4.78 is 17.2. The first kappa shape index (κ1) is 22.5. The van der Waals surface area contributed by atoms with Crippen molar-refractivity contribution in [1.29, 1.82) is 0 Å². The van der Waals surface area contributed by atoms with E-state index in [0.717, 1.165) is 11.3 Å². The average Bonchev–Trinajstić information content (AvgIpc) is 3.16. The molecule has 0 bridgehead atoms. The summed E-state index contributed by atoms with van der Waals surface area (Å²) in [6.45, 7) is 7.94. The molecular weight excluding hydrogens is 396 g/mol. The molecule has 0 aliphatic carbocycles. The number of anilines is 1. The maximum absolute atomic E-state index is 12.8. The number of nitrogens with one attached hydrogen (secondary N) is 1. The van der Waals surface area contributed by atoms with Crippen LogP contribution in [0.15, 0.2) is 42.5 Å². The second-order valence-electron chi connectivity index (χ2n) is 7.10. The van der Waals surface area contributed by atoms with Gasteiger partial charge >= 0.3 is 0 Å². The number of benzene rings is 2. The maximum atomic E-state index is 12.8. The van der Waals surface area contributed by atoms with Gasteiger partial charge < -0.3 is 24.4 Å². The second kappa shape index (κ2) is 10.7. The van der Waals surface area contributed by atoms with Crippen molar-refractivity contribution in [2.45, 2.75) is 33.7 Å². The van der Waals surface area contributed by atoms with Crippen LogP contribution in [0, 0.1) is 5.92 Å². The van der Waals surface area contributed by atoms with Gasteiger partial charge in [0.05, 0.1) is 19.8 Å². The standard InChI is InChI=1S/C24H30N2O5/c1-4-29-20-14-17(15-21(30-5-2)22(20)31-6-3)16-25-23(27)19-12-13-26(24(19)28)18-10-8-7-9-11-18/h7-11,14-15,19H,4-6,12-13,16H2,1-3H3,(H,25,27). The van der Waals surface area contributed by atoms with E-state index < -0.39 is 5.92 Å². The minimum absolute atomic E-state index is 0.166. The van der Waals surface area contributed by atoms with E-state index in [0.29, 0.717) is 50.0 Å². The van der Waals surface area contributed by atoms with Gasteiger partial charge in [0.1, 0.15) is 5.92 Å². The van der Waals surface area contributed by atoms with Crippen molar-refractivity contribution in [2.75, 3.05) is 31.3 Å². The molecule has 1 atom stereocenters. The van der Waals surface area contributed by atoms with Gasteiger partial charge in [-0.1, -0.05) is 18.2 Å². The van der Waals surface area contributed by atoms with Gasteiger partial charge in [-0.3, -0.25) is 9.59 Å². The molecule has 1 aliphatic heterocycles. The molecule has 1 unspecified atom stereocenters. The zero-order chi connectivity index (χ0) is 22.2. The van der Waals surface area contributed by atoms with Gasteiger partial charge in [-0.15, -0.1) is 0 Å². The van der Waals surface area contributed by atoms with Gasteiger partial charge in [0.25, 0.3) is 0 Å². The minimum atomic E-state index is -0.680. The molecule has 166 valence electrons. The topological polar surface area (TPSA) is 77.1 Å². The van der Waals surface area contributed by atoms with Gasteiger partial charge in [-0.2, -0.15) is 0 Å². The van der Waals surface area contributed by atoms with Gasteiger partial charge in [0, 0.05) is 18.8 Å². The number of rotatable bonds is 10.